The molecule has 4 rings (SSSR count). The Kier molecular flexibility index (Phi) is 7.08. The maximum atomic E-state index is 12.9. The number of hydrogen-bond acceptors (Lipinski definition) is 3. The summed E-state index contributed by atoms with van der Waals surface area (Å²) < 4.78 is -1.27. The topological polar surface area (TPSA) is 46.2 Å². The second kappa shape index (κ2) is 9.32. The van der Waals surface area contributed by atoms with Crippen molar-refractivity contribution in [2.45, 2.75) is 23.1 Å². The van der Waals surface area contributed by atoms with Crippen LogP contribution in [0.5, 0.6) is 0 Å². The average Bonchev–Trinajstić information content (AvgIpc) is 2.99. The summed E-state index contributed by atoms with van der Waals surface area (Å²) in [6.45, 7) is 0. The lowest BCUT2D eigenvalue weighted by Gasteiger charge is -2.11. The van der Waals surface area contributed by atoms with E-state index in [2.05, 4.69) is 5.32 Å². The molecule has 1 heterocycles. The molecular weight excluding hydrogens is 520 g/mol. The minimum absolute atomic E-state index is 0.0181. The number of rotatable bonds is 6. The van der Waals surface area contributed by atoms with Gasteiger partial charge >= 0.3 is 0 Å². The fourth-order valence-corrected chi connectivity index (χ4v) is 6.85. The highest BCUT2D eigenvalue weighted by Crippen LogP contribution is 2.65. The molecule has 1 amide bonds. The summed E-state index contributed by atoms with van der Waals surface area (Å²) in [4.78, 5) is 25.7. The van der Waals surface area contributed by atoms with Gasteiger partial charge in [0.25, 0.3) is 0 Å². The van der Waals surface area contributed by atoms with Crippen molar-refractivity contribution in [1.82, 2.24) is 0 Å². The van der Waals surface area contributed by atoms with Crippen LogP contribution in [0.15, 0.2) is 36.4 Å². The van der Waals surface area contributed by atoms with Crippen molar-refractivity contribution < 1.29 is 9.59 Å². The molecule has 3 nitrogen and oxygen atoms in total. The first-order valence-electron chi connectivity index (χ1n) is 9.72. The lowest BCUT2D eigenvalue weighted by atomic mass is 9.97. The largest absolute Gasteiger partial charge is 0.326 e. The van der Waals surface area contributed by atoms with Crippen LogP contribution in [0.25, 0.3) is 0 Å². The minimum Gasteiger partial charge on any atom is -0.326 e. The second-order valence-corrected chi connectivity index (χ2v) is 11.7. The number of amides is 1. The zero-order valence-corrected chi connectivity index (χ0v) is 20.7. The zero-order valence-electron chi connectivity index (χ0n) is 16.1. The van der Waals surface area contributed by atoms with E-state index in [4.69, 9.17) is 58.0 Å². The average molecular weight is 538 g/mol. The molecule has 1 aliphatic heterocycles. The van der Waals surface area contributed by atoms with E-state index in [0.717, 1.165) is 17.9 Å². The number of carbonyl (C=O) groups excluding carboxylic acids is 2. The van der Waals surface area contributed by atoms with E-state index in [-0.39, 0.29) is 11.7 Å². The monoisotopic (exact) mass is 535 g/mol. The predicted molar refractivity (Wildman–Crippen MR) is 132 cm³/mol. The zero-order chi connectivity index (χ0) is 22.3. The number of hydrogen-bond donors (Lipinski definition) is 1. The molecule has 1 aliphatic carbocycles. The van der Waals surface area contributed by atoms with Crippen molar-refractivity contribution in [3.8, 4) is 0 Å². The van der Waals surface area contributed by atoms with Crippen LogP contribution in [0.1, 0.15) is 34.7 Å². The lowest BCUT2D eigenvalue weighted by Crippen LogP contribution is -2.17. The number of ketones is 1. The summed E-state index contributed by atoms with van der Waals surface area (Å²) in [5.74, 6) is 0.951. The van der Waals surface area contributed by atoms with Crippen LogP contribution in [-0.2, 0) is 4.79 Å². The summed E-state index contributed by atoms with van der Waals surface area (Å²) in [5, 5.41) is 4.07. The Hall–Kier alpha value is -0.620. The van der Waals surface area contributed by atoms with E-state index in [1.165, 1.54) is 0 Å². The van der Waals surface area contributed by atoms with Gasteiger partial charge in [0.2, 0.25) is 5.91 Å². The van der Waals surface area contributed by atoms with E-state index in [1.807, 2.05) is 11.8 Å². The number of halogens is 5. The van der Waals surface area contributed by atoms with Crippen LogP contribution < -0.4 is 5.32 Å². The van der Waals surface area contributed by atoms with Crippen LogP contribution in [-0.4, -0.2) is 27.5 Å². The Bertz CT molecular complexity index is 1020. The molecule has 0 radical (unpaired) electrons. The molecule has 164 valence electrons. The van der Waals surface area contributed by atoms with E-state index in [1.54, 1.807) is 36.4 Å². The summed E-state index contributed by atoms with van der Waals surface area (Å²) in [7, 11) is 0. The molecule has 2 fully saturated rings. The van der Waals surface area contributed by atoms with Gasteiger partial charge in [0.1, 0.15) is 4.33 Å². The van der Waals surface area contributed by atoms with Crippen molar-refractivity contribution in [2.75, 3.05) is 16.8 Å². The Morgan fingerprint density at radius 1 is 1.06 bits per heavy atom. The van der Waals surface area contributed by atoms with E-state index in [9.17, 15) is 9.59 Å². The summed E-state index contributed by atoms with van der Waals surface area (Å²) in [6.07, 6.45) is 1.49. The van der Waals surface area contributed by atoms with Crippen LogP contribution in [0.3, 0.4) is 0 Å². The predicted octanol–water partition coefficient (Wildman–Crippen LogP) is 7.50. The fraction of sp³-hybridized carbons (Fsp3) is 0.364. The molecular formula is C22H18Cl5NO2S. The van der Waals surface area contributed by atoms with Gasteiger partial charge in [-0.1, -0.05) is 34.8 Å². The Balaban J connectivity index is 1.49. The summed E-state index contributed by atoms with van der Waals surface area (Å²) in [5.41, 5.74) is 1.58. The molecule has 2 aromatic rings. The lowest BCUT2D eigenvalue weighted by molar-refractivity contribution is -0.117. The highest BCUT2D eigenvalue weighted by molar-refractivity contribution is 7.99. The maximum Gasteiger partial charge on any atom is 0.231 e. The molecule has 2 aromatic carbocycles. The number of carbonyl (C=O) groups is 2. The number of anilines is 1. The first kappa shape index (κ1) is 23.5. The molecule has 1 N–H and O–H groups in total. The third-order valence-electron chi connectivity index (χ3n) is 5.61. The number of thioether (sulfide) groups is 1. The van der Waals surface area contributed by atoms with Gasteiger partial charge in [0.05, 0.1) is 10.9 Å². The van der Waals surface area contributed by atoms with E-state index in [0.29, 0.717) is 44.2 Å². The van der Waals surface area contributed by atoms with E-state index >= 15 is 0 Å². The van der Waals surface area contributed by atoms with Crippen LogP contribution >= 0.6 is 69.8 Å². The molecule has 9 heteroatoms. The van der Waals surface area contributed by atoms with Gasteiger partial charge in [-0.25, -0.2) is 0 Å². The molecule has 3 unspecified atom stereocenters. The molecule has 0 aromatic heterocycles. The second-order valence-electron chi connectivity index (χ2n) is 7.87. The summed E-state index contributed by atoms with van der Waals surface area (Å²) >= 11 is 33.1. The van der Waals surface area contributed by atoms with Gasteiger partial charge in [-0.2, -0.15) is 11.8 Å². The van der Waals surface area contributed by atoms with Crippen molar-refractivity contribution in [3.05, 3.63) is 62.6 Å². The van der Waals surface area contributed by atoms with Crippen molar-refractivity contribution in [3.63, 3.8) is 0 Å². The highest BCUT2D eigenvalue weighted by Gasteiger charge is 2.67. The van der Waals surface area contributed by atoms with Crippen LogP contribution in [0.4, 0.5) is 5.69 Å². The fourth-order valence-electron chi connectivity index (χ4n) is 3.98. The van der Waals surface area contributed by atoms with Gasteiger partial charge in [0.15, 0.2) is 5.78 Å². The Labute approximate surface area is 210 Å². The van der Waals surface area contributed by atoms with Crippen molar-refractivity contribution in [1.29, 1.82) is 0 Å². The standard InChI is InChI=1S/C22H18Cl5NO2S/c23-13-6-12(7-14(24)8-13)19-20(22(19,26)27)21(30)28-15-1-2-17(25)16(9-15)18(29)5-11-3-4-31-10-11/h1-2,6-9,11,19-20H,3-5,10H2,(H,28,30). The van der Waals surface area contributed by atoms with Crippen LogP contribution in [0, 0.1) is 11.8 Å². The maximum absolute atomic E-state index is 12.9. The van der Waals surface area contributed by atoms with Crippen molar-refractivity contribution in [2.24, 2.45) is 11.8 Å². The third-order valence-corrected chi connectivity index (χ3v) is 8.55. The minimum atomic E-state index is -1.27. The molecule has 1 saturated carbocycles. The number of benzene rings is 2. The smallest absolute Gasteiger partial charge is 0.231 e. The Morgan fingerprint density at radius 3 is 2.42 bits per heavy atom. The van der Waals surface area contributed by atoms with Gasteiger partial charge in [-0.15, -0.1) is 23.2 Å². The third kappa shape index (κ3) is 5.15. The van der Waals surface area contributed by atoms with Crippen molar-refractivity contribution >= 4 is 87.1 Å². The van der Waals surface area contributed by atoms with E-state index < -0.39 is 16.2 Å². The van der Waals surface area contributed by atoms with Gasteiger partial charge in [-0.3, -0.25) is 9.59 Å². The first-order valence-corrected chi connectivity index (χ1v) is 12.8. The molecule has 1 saturated heterocycles. The quantitative estimate of drug-likeness (QED) is 0.307. The normalized spacial score (nSPS) is 24.1. The molecule has 0 spiro atoms. The molecule has 3 atom stereocenters. The van der Waals surface area contributed by atoms with Gasteiger partial charge < -0.3 is 5.32 Å². The molecule has 0 bridgehead atoms. The first-order chi connectivity index (χ1) is 14.7. The highest BCUT2D eigenvalue weighted by atomic mass is 35.5. The molecule has 2 aliphatic rings. The Morgan fingerprint density at radius 2 is 1.77 bits per heavy atom. The SMILES string of the molecule is O=C(CC1CCSC1)c1cc(NC(=O)C2C(c3cc(Cl)cc(Cl)c3)C2(Cl)Cl)ccc1Cl. The number of alkyl halides is 2. The number of Topliss-reactive ketones (excluding diaryl/α,β-unsaturated/α-hetero) is 1. The number of nitrogens with one attached hydrogen (secondary N) is 1. The molecule has 31 heavy (non-hydrogen) atoms. The van der Waals surface area contributed by atoms with Crippen LogP contribution in [0.2, 0.25) is 15.1 Å². The van der Waals surface area contributed by atoms with Gasteiger partial charge in [-0.05, 0) is 65.8 Å². The summed E-state index contributed by atoms with van der Waals surface area (Å²) in [6, 6.07) is 9.88. The van der Waals surface area contributed by atoms with Gasteiger partial charge in [0, 0.05) is 33.6 Å².